The summed E-state index contributed by atoms with van der Waals surface area (Å²) in [6, 6.07) is 9.82. The van der Waals surface area contributed by atoms with E-state index in [9.17, 15) is 22.8 Å². The summed E-state index contributed by atoms with van der Waals surface area (Å²) < 4.78 is 38.5. The summed E-state index contributed by atoms with van der Waals surface area (Å²) >= 11 is 0. The van der Waals surface area contributed by atoms with Gasteiger partial charge in [-0.15, -0.1) is 0 Å². The van der Waals surface area contributed by atoms with Gasteiger partial charge in [0.2, 0.25) is 11.8 Å². The predicted octanol–water partition coefficient (Wildman–Crippen LogP) is 2.72. The third-order valence-corrected chi connectivity index (χ3v) is 6.03. The lowest BCUT2D eigenvalue weighted by Gasteiger charge is -2.25. The minimum absolute atomic E-state index is 0.0521. The van der Waals surface area contributed by atoms with E-state index < -0.39 is 16.0 Å². The Morgan fingerprint density at radius 2 is 1.71 bits per heavy atom. The van der Waals surface area contributed by atoms with E-state index in [2.05, 4.69) is 4.72 Å². The molecule has 9 nitrogen and oxygen atoms in total. The van der Waals surface area contributed by atoms with Crippen LogP contribution in [0.5, 0.6) is 5.75 Å². The zero-order valence-corrected chi connectivity index (χ0v) is 17.9. The topological polar surface area (TPSA) is 119 Å². The van der Waals surface area contributed by atoms with E-state index in [4.69, 9.17) is 9.47 Å². The molecule has 1 N–H and O–H groups in total. The number of rotatable bonds is 7. The highest BCUT2D eigenvalue weighted by Crippen LogP contribution is 2.32. The van der Waals surface area contributed by atoms with E-state index in [1.54, 1.807) is 6.92 Å². The molecule has 10 heteroatoms. The molecule has 0 aromatic heterocycles. The van der Waals surface area contributed by atoms with E-state index in [0.29, 0.717) is 6.42 Å². The maximum atomic E-state index is 13.0. The number of imide groups is 1. The molecule has 1 aliphatic heterocycles. The molecule has 2 amide bonds. The predicted molar refractivity (Wildman–Crippen MR) is 113 cm³/mol. The zero-order chi connectivity index (χ0) is 22.6. The second kappa shape index (κ2) is 9.17. The van der Waals surface area contributed by atoms with Crippen molar-refractivity contribution in [2.75, 3.05) is 23.3 Å². The Morgan fingerprint density at radius 3 is 2.29 bits per heavy atom. The van der Waals surface area contributed by atoms with Crippen LogP contribution in [-0.4, -0.2) is 39.9 Å². The number of esters is 1. The van der Waals surface area contributed by atoms with Crippen molar-refractivity contribution in [1.29, 1.82) is 0 Å². The number of ether oxygens (including phenoxy) is 2. The molecule has 1 aliphatic rings. The van der Waals surface area contributed by atoms with E-state index in [1.165, 1.54) is 49.6 Å². The van der Waals surface area contributed by atoms with Crippen LogP contribution in [0, 0.1) is 0 Å². The minimum Gasteiger partial charge on any atom is -0.495 e. The third-order valence-electron chi connectivity index (χ3n) is 4.62. The first kappa shape index (κ1) is 22.3. The van der Waals surface area contributed by atoms with Crippen LogP contribution in [0.4, 0.5) is 11.4 Å². The standard InChI is InChI=1S/C21H22N2O7S/c1-3-30-21(26)14-7-9-15(10-8-14)22-31(27,28)18-13-16(11-12-17(18)29-2)23-19(24)5-4-6-20(23)25/h7-13,22H,3-6H2,1-2H3. The molecule has 0 radical (unpaired) electrons. The number of hydrogen-bond donors (Lipinski definition) is 1. The van der Waals surface area contributed by atoms with Crippen molar-refractivity contribution in [2.24, 2.45) is 0 Å². The van der Waals surface area contributed by atoms with Gasteiger partial charge in [0.15, 0.2) is 0 Å². The number of carbonyl (C=O) groups excluding carboxylic acids is 3. The molecule has 3 rings (SSSR count). The van der Waals surface area contributed by atoms with Crippen LogP contribution >= 0.6 is 0 Å². The van der Waals surface area contributed by atoms with Gasteiger partial charge in [0.1, 0.15) is 10.6 Å². The van der Waals surface area contributed by atoms with E-state index in [1.807, 2.05) is 0 Å². The van der Waals surface area contributed by atoms with Gasteiger partial charge >= 0.3 is 5.97 Å². The summed E-state index contributed by atoms with van der Waals surface area (Å²) in [5, 5.41) is 0. The van der Waals surface area contributed by atoms with Gasteiger partial charge in [-0.1, -0.05) is 0 Å². The number of nitrogens with zero attached hydrogens (tertiary/aromatic N) is 1. The molecule has 0 unspecified atom stereocenters. The molecular formula is C21H22N2O7S. The molecular weight excluding hydrogens is 424 g/mol. The van der Waals surface area contributed by atoms with Gasteiger partial charge in [-0.3, -0.25) is 19.2 Å². The smallest absolute Gasteiger partial charge is 0.338 e. The number of amides is 2. The summed E-state index contributed by atoms with van der Waals surface area (Å²) in [5.41, 5.74) is 0.658. The minimum atomic E-state index is -4.14. The van der Waals surface area contributed by atoms with Crippen molar-refractivity contribution in [3.63, 3.8) is 0 Å². The second-order valence-electron chi connectivity index (χ2n) is 6.71. The fraction of sp³-hybridized carbons (Fsp3) is 0.286. The average molecular weight is 446 g/mol. The zero-order valence-electron chi connectivity index (χ0n) is 17.1. The molecule has 0 spiro atoms. The average Bonchev–Trinajstić information content (AvgIpc) is 2.74. The highest BCUT2D eigenvalue weighted by atomic mass is 32.2. The Hall–Kier alpha value is -3.40. The number of methoxy groups -OCH3 is 1. The molecule has 2 aromatic carbocycles. The molecule has 1 fully saturated rings. The summed E-state index contributed by atoms with van der Waals surface area (Å²) in [4.78, 5) is 36.9. The largest absolute Gasteiger partial charge is 0.495 e. The second-order valence-corrected chi connectivity index (χ2v) is 8.37. The first-order valence-corrected chi connectivity index (χ1v) is 11.1. The van der Waals surface area contributed by atoms with Crippen LogP contribution < -0.4 is 14.4 Å². The van der Waals surface area contributed by atoms with Crippen molar-refractivity contribution < 1.29 is 32.3 Å². The van der Waals surface area contributed by atoms with Gasteiger partial charge in [0.05, 0.1) is 25.0 Å². The first-order chi connectivity index (χ1) is 14.8. The summed E-state index contributed by atoms with van der Waals surface area (Å²) in [7, 11) is -2.82. The van der Waals surface area contributed by atoms with E-state index in [-0.39, 0.29) is 58.8 Å². The van der Waals surface area contributed by atoms with E-state index >= 15 is 0 Å². The molecule has 0 aliphatic carbocycles. The summed E-state index contributed by atoms with van der Waals surface area (Å²) in [6.45, 7) is 1.91. The Balaban J connectivity index is 1.92. The Kier molecular flexibility index (Phi) is 6.59. The molecule has 164 valence electrons. The number of hydrogen-bond acceptors (Lipinski definition) is 7. The van der Waals surface area contributed by atoms with Gasteiger partial charge in [0.25, 0.3) is 10.0 Å². The molecule has 0 bridgehead atoms. The van der Waals surface area contributed by atoms with Crippen LogP contribution in [0.1, 0.15) is 36.5 Å². The van der Waals surface area contributed by atoms with Crippen molar-refractivity contribution >= 4 is 39.2 Å². The van der Waals surface area contributed by atoms with Crippen LogP contribution in [-0.2, 0) is 24.3 Å². The number of piperidine rings is 1. The van der Waals surface area contributed by atoms with Crippen molar-refractivity contribution in [3.8, 4) is 5.75 Å². The van der Waals surface area contributed by atoms with E-state index in [0.717, 1.165) is 4.90 Å². The van der Waals surface area contributed by atoms with Crippen molar-refractivity contribution in [3.05, 3.63) is 48.0 Å². The van der Waals surface area contributed by atoms with Crippen LogP contribution in [0.3, 0.4) is 0 Å². The molecule has 1 heterocycles. The lowest BCUT2D eigenvalue weighted by Crippen LogP contribution is -2.40. The van der Waals surface area contributed by atoms with Gasteiger partial charge in [-0.2, -0.15) is 0 Å². The Morgan fingerprint density at radius 1 is 1.06 bits per heavy atom. The monoisotopic (exact) mass is 446 g/mol. The third kappa shape index (κ3) is 4.85. The van der Waals surface area contributed by atoms with Crippen molar-refractivity contribution in [1.82, 2.24) is 0 Å². The Bertz CT molecular complexity index is 1100. The highest BCUT2D eigenvalue weighted by molar-refractivity contribution is 7.92. The summed E-state index contributed by atoms with van der Waals surface area (Å²) in [6.07, 6.45) is 0.897. The van der Waals surface area contributed by atoms with Gasteiger partial charge in [-0.25, -0.2) is 13.2 Å². The van der Waals surface area contributed by atoms with Gasteiger partial charge in [0, 0.05) is 18.5 Å². The highest BCUT2D eigenvalue weighted by Gasteiger charge is 2.29. The number of sulfonamides is 1. The molecule has 31 heavy (non-hydrogen) atoms. The maximum absolute atomic E-state index is 13.0. The van der Waals surface area contributed by atoms with Crippen molar-refractivity contribution in [2.45, 2.75) is 31.1 Å². The van der Waals surface area contributed by atoms with Gasteiger partial charge in [-0.05, 0) is 55.8 Å². The molecule has 2 aromatic rings. The van der Waals surface area contributed by atoms with Crippen LogP contribution in [0.15, 0.2) is 47.4 Å². The number of anilines is 2. The molecule has 0 saturated carbocycles. The quantitative estimate of drug-likeness (QED) is 0.513. The maximum Gasteiger partial charge on any atom is 0.338 e. The first-order valence-electron chi connectivity index (χ1n) is 9.60. The Labute approximate surface area is 180 Å². The SMILES string of the molecule is CCOC(=O)c1ccc(NS(=O)(=O)c2cc(N3C(=O)CCCC3=O)ccc2OC)cc1. The molecule has 1 saturated heterocycles. The number of benzene rings is 2. The van der Waals surface area contributed by atoms with Crippen LogP contribution in [0.2, 0.25) is 0 Å². The summed E-state index contributed by atoms with van der Waals surface area (Å²) in [5.74, 6) is -1.22. The normalized spacial score (nSPS) is 14.3. The fourth-order valence-corrected chi connectivity index (χ4v) is 4.40. The van der Waals surface area contributed by atoms with Crippen LogP contribution in [0.25, 0.3) is 0 Å². The fourth-order valence-electron chi connectivity index (χ4n) is 3.15. The molecule has 0 atom stereocenters. The lowest BCUT2D eigenvalue weighted by atomic mass is 10.1. The van der Waals surface area contributed by atoms with Gasteiger partial charge < -0.3 is 9.47 Å². The number of nitrogens with one attached hydrogen (secondary N) is 1. The lowest BCUT2D eigenvalue weighted by molar-refractivity contribution is -0.129. The number of carbonyl (C=O) groups is 3.